The van der Waals surface area contributed by atoms with Gasteiger partial charge >= 0.3 is 0 Å². The van der Waals surface area contributed by atoms with Crippen LogP contribution in [-0.2, 0) is 0 Å². The standard InChI is InChI=1S/C16H9Cl2N3OS/c17-10-2-1-3-12(8-10)21-15(22)13-5-4-11(18)9-14(13)20-16(21)23-7-6-19/h1-5,8-9H,7H2. The molecule has 0 saturated carbocycles. The van der Waals surface area contributed by atoms with Crippen molar-refractivity contribution in [1.82, 2.24) is 9.55 Å². The lowest BCUT2D eigenvalue weighted by molar-refractivity contribution is 0.821. The molecule has 0 bridgehead atoms. The summed E-state index contributed by atoms with van der Waals surface area (Å²) in [6.07, 6.45) is 0. The van der Waals surface area contributed by atoms with Crippen molar-refractivity contribution in [2.45, 2.75) is 5.16 Å². The lowest BCUT2D eigenvalue weighted by atomic mass is 10.2. The molecule has 0 atom stereocenters. The van der Waals surface area contributed by atoms with Crippen molar-refractivity contribution in [2.24, 2.45) is 0 Å². The average molecular weight is 362 g/mol. The zero-order valence-electron chi connectivity index (χ0n) is 11.7. The molecule has 7 heteroatoms. The Bertz CT molecular complexity index is 995. The van der Waals surface area contributed by atoms with E-state index in [1.54, 1.807) is 42.5 Å². The molecule has 0 N–H and O–H groups in total. The predicted molar refractivity (Wildman–Crippen MR) is 93.7 cm³/mol. The van der Waals surface area contributed by atoms with E-state index in [0.717, 1.165) is 0 Å². The molecule has 4 nitrogen and oxygen atoms in total. The average Bonchev–Trinajstić information content (AvgIpc) is 2.52. The number of hydrogen-bond donors (Lipinski definition) is 0. The van der Waals surface area contributed by atoms with Gasteiger partial charge in [0.05, 0.1) is 28.4 Å². The number of aromatic nitrogens is 2. The Hall–Kier alpha value is -2.00. The zero-order chi connectivity index (χ0) is 16.4. The Morgan fingerprint density at radius 1 is 1.17 bits per heavy atom. The van der Waals surface area contributed by atoms with Crippen LogP contribution in [0.4, 0.5) is 0 Å². The SMILES string of the molecule is N#CCSc1nc2cc(Cl)ccc2c(=O)n1-c1cccc(Cl)c1. The minimum absolute atomic E-state index is 0.180. The van der Waals surface area contributed by atoms with Crippen molar-refractivity contribution in [3.05, 3.63) is 62.9 Å². The Kier molecular flexibility index (Phi) is 4.58. The summed E-state index contributed by atoms with van der Waals surface area (Å²) in [6.45, 7) is 0. The molecule has 0 aliphatic carbocycles. The molecule has 0 aliphatic heterocycles. The van der Waals surface area contributed by atoms with E-state index < -0.39 is 0 Å². The Balaban J connectivity index is 2.33. The van der Waals surface area contributed by atoms with Crippen LogP contribution in [0.2, 0.25) is 10.0 Å². The van der Waals surface area contributed by atoms with E-state index >= 15 is 0 Å². The Morgan fingerprint density at radius 2 is 1.96 bits per heavy atom. The third-order valence-corrected chi connectivity index (χ3v) is 4.41. The minimum atomic E-state index is -0.227. The lowest BCUT2D eigenvalue weighted by Gasteiger charge is -2.12. The highest BCUT2D eigenvalue weighted by atomic mass is 35.5. The van der Waals surface area contributed by atoms with Crippen LogP contribution in [0.5, 0.6) is 0 Å². The summed E-state index contributed by atoms with van der Waals surface area (Å²) >= 11 is 13.2. The van der Waals surface area contributed by atoms with Gasteiger partial charge in [0.2, 0.25) is 0 Å². The van der Waals surface area contributed by atoms with E-state index in [4.69, 9.17) is 28.5 Å². The molecule has 23 heavy (non-hydrogen) atoms. The maximum Gasteiger partial charge on any atom is 0.266 e. The number of nitriles is 1. The number of rotatable bonds is 3. The van der Waals surface area contributed by atoms with E-state index in [9.17, 15) is 4.79 Å². The second-order valence-corrected chi connectivity index (χ2v) is 6.44. The second kappa shape index (κ2) is 6.63. The van der Waals surface area contributed by atoms with Crippen molar-refractivity contribution in [1.29, 1.82) is 5.26 Å². The molecule has 0 fully saturated rings. The summed E-state index contributed by atoms with van der Waals surface area (Å²) in [5.74, 6) is 0.180. The van der Waals surface area contributed by atoms with Crippen LogP contribution in [0, 0.1) is 11.3 Å². The van der Waals surface area contributed by atoms with E-state index in [1.165, 1.54) is 16.3 Å². The monoisotopic (exact) mass is 361 g/mol. The lowest BCUT2D eigenvalue weighted by Crippen LogP contribution is -2.21. The summed E-state index contributed by atoms with van der Waals surface area (Å²) < 4.78 is 1.46. The fourth-order valence-corrected chi connectivity index (χ4v) is 3.20. The minimum Gasteiger partial charge on any atom is -0.268 e. The summed E-state index contributed by atoms with van der Waals surface area (Å²) in [7, 11) is 0. The van der Waals surface area contributed by atoms with Crippen molar-refractivity contribution in [3.63, 3.8) is 0 Å². The number of halogens is 2. The van der Waals surface area contributed by atoms with E-state index in [0.29, 0.717) is 31.8 Å². The van der Waals surface area contributed by atoms with Crippen molar-refractivity contribution < 1.29 is 0 Å². The fraction of sp³-hybridized carbons (Fsp3) is 0.0625. The van der Waals surface area contributed by atoms with Gasteiger partial charge in [-0.1, -0.05) is 41.0 Å². The zero-order valence-corrected chi connectivity index (χ0v) is 14.0. The molecule has 0 radical (unpaired) electrons. The van der Waals surface area contributed by atoms with Gasteiger partial charge in [-0.25, -0.2) is 4.98 Å². The molecule has 0 unspecified atom stereocenters. The van der Waals surface area contributed by atoms with Gasteiger partial charge in [0.25, 0.3) is 5.56 Å². The van der Waals surface area contributed by atoms with Gasteiger partial charge in [0, 0.05) is 10.0 Å². The highest BCUT2D eigenvalue weighted by Gasteiger charge is 2.14. The first kappa shape index (κ1) is 15.9. The van der Waals surface area contributed by atoms with Gasteiger partial charge in [-0.2, -0.15) is 5.26 Å². The van der Waals surface area contributed by atoms with Gasteiger partial charge in [-0.3, -0.25) is 9.36 Å². The molecular weight excluding hydrogens is 353 g/mol. The topological polar surface area (TPSA) is 58.7 Å². The molecule has 3 aromatic rings. The molecule has 0 aliphatic rings. The first-order chi connectivity index (χ1) is 11.1. The van der Waals surface area contributed by atoms with Crippen molar-refractivity contribution >= 4 is 45.9 Å². The number of nitrogens with zero attached hydrogens (tertiary/aromatic N) is 3. The molecule has 0 saturated heterocycles. The highest BCUT2D eigenvalue weighted by Crippen LogP contribution is 2.24. The van der Waals surface area contributed by atoms with Crippen LogP contribution in [0.15, 0.2) is 52.4 Å². The predicted octanol–water partition coefficient (Wildman–Crippen LogP) is 4.31. The maximum absolute atomic E-state index is 12.9. The van der Waals surface area contributed by atoms with Gasteiger partial charge in [-0.15, -0.1) is 0 Å². The van der Waals surface area contributed by atoms with Gasteiger partial charge < -0.3 is 0 Å². The Morgan fingerprint density at radius 3 is 2.70 bits per heavy atom. The summed E-state index contributed by atoms with van der Waals surface area (Å²) in [5.41, 5.74) is 0.878. The third-order valence-electron chi connectivity index (χ3n) is 3.13. The maximum atomic E-state index is 12.9. The van der Waals surface area contributed by atoms with Crippen LogP contribution in [0.1, 0.15) is 0 Å². The molecule has 0 spiro atoms. The largest absolute Gasteiger partial charge is 0.268 e. The second-order valence-electron chi connectivity index (χ2n) is 4.62. The molecule has 114 valence electrons. The number of hydrogen-bond acceptors (Lipinski definition) is 4. The van der Waals surface area contributed by atoms with Crippen LogP contribution >= 0.6 is 35.0 Å². The highest BCUT2D eigenvalue weighted by molar-refractivity contribution is 7.99. The third kappa shape index (κ3) is 3.20. The van der Waals surface area contributed by atoms with Gasteiger partial charge in [0.1, 0.15) is 0 Å². The quantitative estimate of drug-likeness (QED) is 0.515. The van der Waals surface area contributed by atoms with E-state index in [1.807, 2.05) is 6.07 Å². The van der Waals surface area contributed by atoms with E-state index in [2.05, 4.69) is 4.98 Å². The normalized spacial score (nSPS) is 10.7. The van der Waals surface area contributed by atoms with Crippen LogP contribution in [0.3, 0.4) is 0 Å². The molecule has 1 heterocycles. The van der Waals surface area contributed by atoms with Crippen molar-refractivity contribution in [3.8, 4) is 11.8 Å². The fourth-order valence-electron chi connectivity index (χ4n) is 2.18. The van der Waals surface area contributed by atoms with Gasteiger partial charge in [0.15, 0.2) is 5.16 Å². The molecule has 1 aromatic heterocycles. The van der Waals surface area contributed by atoms with Crippen LogP contribution < -0.4 is 5.56 Å². The summed E-state index contributed by atoms with van der Waals surface area (Å²) in [4.78, 5) is 17.4. The number of fused-ring (bicyclic) bond motifs is 1. The molecular formula is C16H9Cl2N3OS. The van der Waals surface area contributed by atoms with Crippen LogP contribution in [0.25, 0.3) is 16.6 Å². The first-order valence-electron chi connectivity index (χ1n) is 6.58. The summed E-state index contributed by atoms with van der Waals surface area (Å²) in [5, 5.41) is 10.7. The van der Waals surface area contributed by atoms with Gasteiger partial charge in [-0.05, 0) is 36.4 Å². The molecule has 3 rings (SSSR count). The smallest absolute Gasteiger partial charge is 0.266 e. The number of thioether (sulfide) groups is 1. The molecule has 2 aromatic carbocycles. The van der Waals surface area contributed by atoms with E-state index in [-0.39, 0.29) is 11.3 Å². The number of benzene rings is 2. The molecule has 0 amide bonds. The van der Waals surface area contributed by atoms with Crippen LogP contribution in [-0.4, -0.2) is 15.3 Å². The van der Waals surface area contributed by atoms with Crippen molar-refractivity contribution in [2.75, 3.05) is 5.75 Å². The Labute approximate surface area is 146 Å². The first-order valence-corrected chi connectivity index (χ1v) is 8.32. The summed E-state index contributed by atoms with van der Waals surface area (Å²) in [6, 6.07) is 13.9.